The van der Waals surface area contributed by atoms with Crippen LogP contribution in [-0.4, -0.2) is 21.3 Å². The first-order valence-electron chi connectivity index (χ1n) is 6.50. The zero-order chi connectivity index (χ0) is 15.7. The Balaban J connectivity index is 1.89. The first kappa shape index (κ1) is 13.8. The van der Waals surface area contributed by atoms with Crippen LogP contribution in [0.15, 0.2) is 54.6 Å². The monoisotopic (exact) mass is 296 g/mol. The molecule has 0 aliphatic heterocycles. The van der Waals surface area contributed by atoms with Gasteiger partial charge in [-0.2, -0.15) is 0 Å². The third-order valence-corrected chi connectivity index (χ3v) is 3.24. The SMILES string of the molecule is O=C(Oc1ccc2ccccc2c1)c1cc(O)c(O)c(O)c1. The number of fused-ring (bicyclic) bond motifs is 1. The highest BCUT2D eigenvalue weighted by Gasteiger charge is 2.15. The van der Waals surface area contributed by atoms with E-state index in [0.29, 0.717) is 5.75 Å². The smallest absolute Gasteiger partial charge is 0.343 e. The highest BCUT2D eigenvalue weighted by molar-refractivity contribution is 5.93. The number of hydrogen-bond acceptors (Lipinski definition) is 5. The quantitative estimate of drug-likeness (QED) is 0.384. The third-order valence-electron chi connectivity index (χ3n) is 3.24. The summed E-state index contributed by atoms with van der Waals surface area (Å²) >= 11 is 0. The topological polar surface area (TPSA) is 87.0 Å². The van der Waals surface area contributed by atoms with Crippen molar-refractivity contribution in [2.45, 2.75) is 0 Å². The number of benzene rings is 3. The second kappa shape index (κ2) is 5.29. The van der Waals surface area contributed by atoms with E-state index in [1.54, 1.807) is 12.1 Å². The number of carbonyl (C=O) groups is 1. The van der Waals surface area contributed by atoms with Gasteiger partial charge in [-0.1, -0.05) is 30.3 Å². The minimum atomic E-state index is -0.749. The molecule has 3 rings (SSSR count). The van der Waals surface area contributed by atoms with Crippen LogP contribution in [0.4, 0.5) is 0 Å². The van der Waals surface area contributed by atoms with Gasteiger partial charge in [0.1, 0.15) is 5.75 Å². The van der Waals surface area contributed by atoms with Crippen LogP contribution in [-0.2, 0) is 0 Å². The van der Waals surface area contributed by atoms with E-state index in [0.717, 1.165) is 22.9 Å². The Bertz CT molecular complexity index is 847. The number of rotatable bonds is 2. The van der Waals surface area contributed by atoms with Gasteiger partial charge < -0.3 is 20.1 Å². The molecule has 22 heavy (non-hydrogen) atoms. The standard InChI is InChI=1S/C17H12O5/c18-14-8-12(9-15(19)16(14)20)17(21)22-13-6-5-10-3-1-2-4-11(10)7-13/h1-9,18-20H. The van der Waals surface area contributed by atoms with E-state index in [2.05, 4.69) is 0 Å². The first-order valence-corrected chi connectivity index (χ1v) is 6.50. The summed E-state index contributed by atoms with van der Waals surface area (Å²) in [5.74, 6) is -2.27. The summed E-state index contributed by atoms with van der Waals surface area (Å²) in [6, 6.07) is 14.9. The summed E-state index contributed by atoms with van der Waals surface area (Å²) in [4.78, 5) is 12.0. The Morgan fingerprint density at radius 2 is 1.45 bits per heavy atom. The molecule has 0 unspecified atom stereocenters. The highest BCUT2D eigenvalue weighted by Crippen LogP contribution is 2.35. The van der Waals surface area contributed by atoms with Gasteiger partial charge in [0, 0.05) is 0 Å². The van der Waals surface area contributed by atoms with E-state index < -0.39 is 23.2 Å². The van der Waals surface area contributed by atoms with Gasteiger partial charge in [-0.3, -0.25) is 0 Å². The summed E-state index contributed by atoms with van der Waals surface area (Å²) in [6.45, 7) is 0. The van der Waals surface area contributed by atoms with E-state index in [9.17, 15) is 20.1 Å². The van der Waals surface area contributed by atoms with Gasteiger partial charge in [0.05, 0.1) is 5.56 Å². The summed E-state index contributed by atoms with van der Waals surface area (Å²) < 4.78 is 5.22. The van der Waals surface area contributed by atoms with Crippen molar-refractivity contribution >= 4 is 16.7 Å². The maximum Gasteiger partial charge on any atom is 0.343 e. The van der Waals surface area contributed by atoms with Crippen molar-refractivity contribution in [2.24, 2.45) is 0 Å². The fourth-order valence-electron chi connectivity index (χ4n) is 2.12. The lowest BCUT2D eigenvalue weighted by atomic mass is 10.1. The Morgan fingerprint density at radius 3 is 2.14 bits per heavy atom. The zero-order valence-corrected chi connectivity index (χ0v) is 11.4. The maximum atomic E-state index is 12.0. The summed E-state index contributed by atoms with van der Waals surface area (Å²) in [6.07, 6.45) is 0. The Morgan fingerprint density at radius 1 is 0.818 bits per heavy atom. The second-order valence-corrected chi connectivity index (χ2v) is 4.76. The summed E-state index contributed by atoms with van der Waals surface area (Å²) in [5, 5.41) is 30.0. The molecule has 0 heterocycles. The molecule has 3 aromatic rings. The predicted molar refractivity (Wildman–Crippen MR) is 80.3 cm³/mol. The lowest BCUT2D eigenvalue weighted by Crippen LogP contribution is -2.08. The summed E-state index contributed by atoms with van der Waals surface area (Å²) in [5.41, 5.74) is -0.0686. The van der Waals surface area contributed by atoms with Crippen LogP contribution in [0.3, 0.4) is 0 Å². The fraction of sp³-hybridized carbons (Fsp3) is 0. The summed E-state index contributed by atoms with van der Waals surface area (Å²) in [7, 11) is 0. The van der Waals surface area contributed by atoms with Crippen LogP contribution < -0.4 is 4.74 Å². The molecule has 3 aromatic carbocycles. The normalized spacial score (nSPS) is 10.5. The van der Waals surface area contributed by atoms with Gasteiger partial charge in [-0.25, -0.2) is 4.79 Å². The largest absolute Gasteiger partial charge is 0.504 e. The van der Waals surface area contributed by atoms with Gasteiger partial charge in [0.15, 0.2) is 17.2 Å². The van der Waals surface area contributed by atoms with Crippen LogP contribution in [0.5, 0.6) is 23.0 Å². The van der Waals surface area contributed by atoms with Crippen LogP contribution in [0.1, 0.15) is 10.4 Å². The van der Waals surface area contributed by atoms with Gasteiger partial charge in [0.2, 0.25) is 0 Å². The Labute approximate surface area is 125 Å². The molecule has 0 aliphatic carbocycles. The Hall–Kier alpha value is -3.21. The van der Waals surface area contributed by atoms with Crippen LogP contribution in [0.2, 0.25) is 0 Å². The van der Waals surface area contributed by atoms with E-state index in [4.69, 9.17) is 4.74 Å². The average Bonchev–Trinajstić information content (AvgIpc) is 2.52. The van der Waals surface area contributed by atoms with Crippen LogP contribution in [0, 0.1) is 0 Å². The molecule has 5 heteroatoms. The zero-order valence-electron chi connectivity index (χ0n) is 11.4. The van der Waals surface area contributed by atoms with E-state index >= 15 is 0 Å². The maximum absolute atomic E-state index is 12.0. The number of esters is 1. The van der Waals surface area contributed by atoms with Crippen molar-refractivity contribution in [3.05, 3.63) is 60.2 Å². The molecular formula is C17H12O5. The van der Waals surface area contributed by atoms with Crippen molar-refractivity contribution in [1.82, 2.24) is 0 Å². The molecule has 0 saturated heterocycles. The number of ether oxygens (including phenoxy) is 1. The Kier molecular flexibility index (Phi) is 3.31. The van der Waals surface area contributed by atoms with Crippen LogP contribution in [0.25, 0.3) is 10.8 Å². The van der Waals surface area contributed by atoms with E-state index in [1.807, 2.05) is 30.3 Å². The van der Waals surface area contributed by atoms with Gasteiger partial charge >= 0.3 is 5.97 Å². The number of hydrogen-bond donors (Lipinski definition) is 3. The molecule has 0 spiro atoms. The van der Waals surface area contributed by atoms with Crippen molar-refractivity contribution < 1.29 is 24.9 Å². The molecule has 3 N–H and O–H groups in total. The molecule has 110 valence electrons. The number of phenolic OH excluding ortho intramolecular Hbond substituents is 3. The van der Waals surface area contributed by atoms with Crippen LogP contribution >= 0.6 is 0 Å². The molecule has 0 aromatic heterocycles. The van der Waals surface area contributed by atoms with Gasteiger partial charge in [-0.05, 0) is 35.0 Å². The van der Waals surface area contributed by atoms with Crippen molar-refractivity contribution in [2.75, 3.05) is 0 Å². The van der Waals surface area contributed by atoms with Crippen molar-refractivity contribution in [1.29, 1.82) is 0 Å². The molecule has 0 atom stereocenters. The van der Waals surface area contributed by atoms with E-state index in [1.165, 1.54) is 0 Å². The number of aromatic hydroxyl groups is 3. The minimum absolute atomic E-state index is 0.0686. The lowest BCUT2D eigenvalue weighted by molar-refractivity contribution is 0.0734. The molecule has 0 aliphatic rings. The lowest BCUT2D eigenvalue weighted by Gasteiger charge is -2.07. The molecule has 0 fully saturated rings. The molecule has 5 nitrogen and oxygen atoms in total. The van der Waals surface area contributed by atoms with Crippen molar-refractivity contribution in [3.8, 4) is 23.0 Å². The molecule has 0 saturated carbocycles. The van der Waals surface area contributed by atoms with E-state index in [-0.39, 0.29) is 5.56 Å². The van der Waals surface area contributed by atoms with Gasteiger partial charge in [0.25, 0.3) is 0 Å². The number of phenols is 3. The van der Waals surface area contributed by atoms with Gasteiger partial charge in [-0.15, -0.1) is 0 Å². The second-order valence-electron chi connectivity index (χ2n) is 4.76. The average molecular weight is 296 g/mol. The minimum Gasteiger partial charge on any atom is -0.504 e. The predicted octanol–water partition coefficient (Wildman–Crippen LogP) is 3.18. The molecule has 0 amide bonds. The molecular weight excluding hydrogens is 284 g/mol. The highest BCUT2D eigenvalue weighted by atomic mass is 16.5. The molecule has 0 bridgehead atoms. The fourth-order valence-corrected chi connectivity index (χ4v) is 2.12. The van der Waals surface area contributed by atoms with Crippen molar-refractivity contribution in [3.63, 3.8) is 0 Å². The molecule has 0 radical (unpaired) electrons. The third kappa shape index (κ3) is 2.52. The first-order chi connectivity index (χ1) is 10.5. The number of carbonyl (C=O) groups excluding carboxylic acids is 1.